The Balaban J connectivity index is 2.47. The lowest BCUT2D eigenvalue weighted by atomic mass is 10.1. The van der Waals surface area contributed by atoms with Crippen LogP contribution in [0.25, 0.3) is 0 Å². The van der Waals surface area contributed by atoms with Crippen LogP contribution in [0.1, 0.15) is 39.3 Å². The standard InChI is InChI=1S/C13H21N3O/c1-9(2)10(3)15-13(17)16-11(4)12-6-5-7-14-8-12/h5-11H,1-4H3,(H2,15,16,17)/t10-,11-/m1/s1. The van der Waals surface area contributed by atoms with Gasteiger partial charge in [-0.15, -0.1) is 0 Å². The normalized spacial score (nSPS) is 14.2. The maximum Gasteiger partial charge on any atom is 0.315 e. The first-order valence-electron chi connectivity index (χ1n) is 5.97. The lowest BCUT2D eigenvalue weighted by molar-refractivity contribution is 0.231. The Kier molecular flexibility index (Phi) is 4.94. The number of amides is 2. The molecule has 2 amide bonds. The number of hydrogen-bond donors (Lipinski definition) is 2. The Morgan fingerprint density at radius 3 is 2.47 bits per heavy atom. The molecule has 2 N–H and O–H groups in total. The van der Waals surface area contributed by atoms with Crippen LogP contribution < -0.4 is 10.6 Å². The molecule has 94 valence electrons. The van der Waals surface area contributed by atoms with E-state index in [9.17, 15) is 4.79 Å². The molecular weight excluding hydrogens is 214 g/mol. The number of rotatable bonds is 4. The molecule has 4 nitrogen and oxygen atoms in total. The van der Waals surface area contributed by atoms with Crippen molar-refractivity contribution in [2.24, 2.45) is 5.92 Å². The smallest absolute Gasteiger partial charge is 0.315 e. The molecule has 0 aliphatic carbocycles. The average Bonchev–Trinajstić information content (AvgIpc) is 2.29. The second kappa shape index (κ2) is 6.23. The van der Waals surface area contributed by atoms with Gasteiger partial charge in [0.1, 0.15) is 0 Å². The maximum atomic E-state index is 11.7. The molecule has 1 heterocycles. The molecule has 1 rings (SSSR count). The molecule has 0 saturated heterocycles. The summed E-state index contributed by atoms with van der Waals surface area (Å²) in [6.07, 6.45) is 3.48. The fourth-order valence-corrected chi connectivity index (χ4v) is 1.33. The average molecular weight is 235 g/mol. The van der Waals surface area contributed by atoms with E-state index in [2.05, 4.69) is 29.5 Å². The van der Waals surface area contributed by atoms with Crippen molar-refractivity contribution in [2.45, 2.75) is 39.8 Å². The lowest BCUT2D eigenvalue weighted by Crippen LogP contribution is -2.43. The van der Waals surface area contributed by atoms with Crippen LogP contribution in [0.2, 0.25) is 0 Å². The van der Waals surface area contributed by atoms with Crippen molar-refractivity contribution in [3.8, 4) is 0 Å². The Labute approximate surface area is 103 Å². The summed E-state index contributed by atoms with van der Waals surface area (Å²) in [7, 11) is 0. The number of urea groups is 1. The van der Waals surface area contributed by atoms with Crippen molar-refractivity contribution in [3.63, 3.8) is 0 Å². The molecule has 0 fully saturated rings. The highest BCUT2D eigenvalue weighted by Gasteiger charge is 2.13. The predicted molar refractivity (Wildman–Crippen MR) is 68.6 cm³/mol. The topological polar surface area (TPSA) is 54.0 Å². The Hall–Kier alpha value is -1.58. The molecule has 0 unspecified atom stereocenters. The van der Waals surface area contributed by atoms with Gasteiger partial charge in [-0.05, 0) is 31.4 Å². The largest absolute Gasteiger partial charge is 0.335 e. The third-order valence-electron chi connectivity index (χ3n) is 2.89. The highest BCUT2D eigenvalue weighted by Crippen LogP contribution is 2.09. The van der Waals surface area contributed by atoms with Gasteiger partial charge in [0, 0.05) is 18.4 Å². The van der Waals surface area contributed by atoms with Gasteiger partial charge in [0.05, 0.1) is 6.04 Å². The van der Waals surface area contributed by atoms with Crippen LogP contribution in [-0.4, -0.2) is 17.1 Å². The van der Waals surface area contributed by atoms with Crippen LogP contribution >= 0.6 is 0 Å². The van der Waals surface area contributed by atoms with Gasteiger partial charge >= 0.3 is 6.03 Å². The molecule has 1 aromatic rings. The molecule has 0 aliphatic rings. The number of hydrogen-bond acceptors (Lipinski definition) is 2. The fourth-order valence-electron chi connectivity index (χ4n) is 1.33. The van der Waals surface area contributed by atoms with Gasteiger partial charge in [0.15, 0.2) is 0 Å². The van der Waals surface area contributed by atoms with Gasteiger partial charge in [-0.1, -0.05) is 19.9 Å². The summed E-state index contributed by atoms with van der Waals surface area (Å²) in [5, 5.41) is 5.80. The van der Waals surface area contributed by atoms with Crippen molar-refractivity contribution in [1.29, 1.82) is 0 Å². The van der Waals surface area contributed by atoms with Gasteiger partial charge in [-0.25, -0.2) is 4.79 Å². The summed E-state index contributed by atoms with van der Waals surface area (Å²) < 4.78 is 0. The molecular formula is C13H21N3O. The summed E-state index contributed by atoms with van der Waals surface area (Å²) >= 11 is 0. The zero-order chi connectivity index (χ0) is 12.8. The minimum absolute atomic E-state index is 0.0388. The van der Waals surface area contributed by atoms with Crippen LogP contribution in [0, 0.1) is 5.92 Å². The van der Waals surface area contributed by atoms with Crippen LogP contribution in [0.5, 0.6) is 0 Å². The summed E-state index contributed by atoms with van der Waals surface area (Å²) in [5.74, 6) is 0.425. The fraction of sp³-hybridized carbons (Fsp3) is 0.538. The summed E-state index contributed by atoms with van der Waals surface area (Å²) in [6.45, 7) is 8.10. The predicted octanol–water partition coefficient (Wildman–Crippen LogP) is 2.49. The lowest BCUT2D eigenvalue weighted by Gasteiger charge is -2.20. The molecule has 0 aromatic carbocycles. The van der Waals surface area contributed by atoms with Crippen molar-refractivity contribution >= 4 is 6.03 Å². The molecule has 0 radical (unpaired) electrons. The van der Waals surface area contributed by atoms with Crippen LogP contribution in [-0.2, 0) is 0 Å². The van der Waals surface area contributed by atoms with Gasteiger partial charge < -0.3 is 10.6 Å². The van der Waals surface area contributed by atoms with E-state index >= 15 is 0 Å². The molecule has 17 heavy (non-hydrogen) atoms. The Morgan fingerprint density at radius 1 is 1.24 bits per heavy atom. The quantitative estimate of drug-likeness (QED) is 0.842. The van der Waals surface area contributed by atoms with Gasteiger partial charge in [0.25, 0.3) is 0 Å². The first-order chi connectivity index (χ1) is 8.00. The minimum Gasteiger partial charge on any atom is -0.335 e. The van der Waals surface area contributed by atoms with Gasteiger partial charge in [-0.2, -0.15) is 0 Å². The molecule has 0 aliphatic heterocycles. The molecule has 0 saturated carbocycles. The second-order valence-electron chi connectivity index (χ2n) is 4.66. The van der Waals surface area contributed by atoms with Crippen LogP contribution in [0.4, 0.5) is 4.79 Å². The second-order valence-corrected chi connectivity index (χ2v) is 4.66. The van der Waals surface area contributed by atoms with E-state index < -0.39 is 0 Å². The Bertz CT molecular complexity index is 351. The number of carbonyl (C=O) groups is 1. The maximum absolute atomic E-state index is 11.7. The van der Waals surface area contributed by atoms with Crippen molar-refractivity contribution in [2.75, 3.05) is 0 Å². The van der Waals surface area contributed by atoms with E-state index in [0.717, 1.165) is 5.56 Å². The third-order valence-corrected chi connectivity index (χ3v) is 2.89. The van der Waals surface area contributed by atoms with E-state index in [1.807, 2.05) is 26.0 Å². The first kappa shape index (κ1) is 13.5. The monoisotopic (exact) mass is 235 g/mol. The van der Waals surface area contributed by atoms with Gasteiger partial charge in [-0.3, -0.25) is 4.98 Å². The number of carbonyl (C=O) groups excluding carboxylic acids is 1. The molecule has 0 bridgehead atoms. The van der Waals surface area contributed by atoms with E-state index in [1.54, 1.807) is 12.4 Å². The molecule has 1 aromatic heterocycles. The number of pyridine rings is 1. The van der Waals surface area contributed by atoms with Gasteiger partial charge in [0.2, 0.25) is 0 Å². The minimum atomic E-state index is -0.137. The van der Waals surface area contributed by atoms with E-state index in [1.165, 1.54) is 0 Å². The molecule has 4 heteroatoms. The highest BCUT2D eigenvalue weighted by molar-refractivity contribution is 5.74. The van der Waals surface area contributed by atoms with Crippen molar-refractivity contribution < 1.29 is 4.79 Å². The summed E-state index contributed by atoms with van der Waals surface area (Å²) in [5.41, 5.74) is 1.000. The number of nitrogens with one attached hydrogen (secondary N) is 2. The number of nitrogens with zero attached hydrogens (tertiary/aromatic N) is 1. The Morgan fingerprint density at radius 2 is 1.94 bits per heavy atom. The van der Waals surface area contributed by atoms with E-state index in [-0.39, 0.29) is 18.1 Å². The first-order valence-corrected chi connectivity index (χ1v) is 5.97. The van der Waals surface area contributed by atoms with E-state index in [0.29, 0.717) is 5.92 Å². The summed E-state index contributed by atoms with van der Waals surface area (Å²) in [4.78, 5) is 15.7. The van der Waals surface area contributed by atoms with Crippen molar-refractivity contribution in [1.82, 2.24) is 15.6 Å². The van der Waals surface area contributed by atoms with Crippen LogP contribution in [0.15, 0.2) is 24.5 Å². The zero-order valence-corrected chi connectivity index (χ0v) is 10.9. The van der Waals surface area contributed by atoms with E-state index in [4.69, 9.17) is 0 Å². The molecule has 0 spiro atoms. The third kappa shape index (κ3) is 4.43. The summed E-state index contributed by atoms with van der Waals surface area (Å²) in [6, 6.07) is 3.80. The highest BCUT2D eigenvalue weighted by atomic mass is 16.2. The zero-order valence-electron chi connectivity index (χ0n) is 10.9. The SMILES string of the molecule is CC(C)[C@@H](C)NC(=O)N[C@H](C)c1cccnc1. The van der Waals surface area contributed by atoms with Crippen molar-refractivity contribution in [3.05, 3.63) is 30.1 Å². The number of aromatic nitrogens is 1. The van der Waals surface area contributed by atoms with Crippen LogP contribution in [0.3, 0.4) is 0 Å². The molecule has 2 atom stereocenters.